The standard InChI is InChI=1S/C17H13FN4O3/c18-16-8-14(22(24)25)6-7-15(16)17(23)19-9-12-10-20-21(11-12)13-4-2-1-3-5-13/h1-8,10-11H,9H2,(H,19,23). The smallest absolute Gasteiger partial charge is 0.272 e. The zero-order chi connectivity index (χ0) is 17.8. The van der Waals surface area contributed by atoms with Crippen LogP contribution in [0.2, 0.25) is 0 Å². The Morgan fingerprint density at radius 3 is 2.68 bits per heavy atom. The SMILES string of the molecule is O=C(NCc1cnn(-c2ccccc2)c1)c1ccc([N+](=O)[O-])cc1F. The van der Waals surface area contributed by atoms with Crippen LogP contribution in [0.5, 0.6) is 0 Å². The van der Waals surface area contributed by atoms with E-state index in [2.05, 4.69) is 10.4 Å². The minimum absolute atomic E-state index is 0.155. The molecule has 0 aliphatic heterocycles. The second-order valence-corrected chi connectivity index (χ2v) is 5.23. The fourth-order valence-corrected chi connectivity index (χ4v) is 2.25. The van der Waals surface area contributed by atoms with Gasteiger partial charge < -0.3 is 5.32 Å². The summed E-state index contributed by atoms with van der Waals surface area (Å²) in [6.07, 6.45) is 3.35. The van der Waals surface area contributed by atoms with Crippen LogP contribution >= 0.6 is 0 Å². The number of hydrogen-bond acceptors (Lipinski definition) is 4. The molecular weight excluding hydrogens is 327 g/mol. The summed E-state index contributed by atoms with van der Waals surface area (Å²) in [6, 6.07) is 12.4. The monoisotopic (exact) mass is 340 g/mol. The second kappa shape index (κ2) is 6.91. The van der Waals surface area contributed by atoms with E-state index in [1.54, 1.807) is 17.1 Å². The maximum atomic E-state index is 13.8. The number of nitro groups is 1. The summed E-state index contributed by atoms with van der Waals surface area (Å²) in [5.41, 5.74) is 0.959. The van der Waals surface area contributed by atoms with Crippen molar-refractivity contribution in [1.29, 1.82) is 0 Å². The van der Waals surface area contributed by atoms with Crippen molar-refractivity contribution in [3.05, 3.63) is 88.0 Å². The third kappa shape index (κ3) is 3.69. The Kier molecular flexibility index (Phi) is 4.51. The van der Waals surface area contributed by atoms with Crippen LogP contribution in [-0.4, -0.2) is 20.6 Å². The highest BCUT2D eigenvalue weighted by Gasteiger charge is 2.16. The number of nitrogens with one attached hydrogen (secondary N) is 1. The van der Waals surface area contributed by atoms with Crippen molar-refractivity contribution in [2.24, 2.45) is 0 Å². The molecule has 1 aromatic heterocycles. The highest BCUT2D eigenvalue weighted by Crippen LogP contribution is 2.16. The van der Waals surface area contributed by atoms with Gasteiger partial charge >= 0.3 is 0 Å². The quantitative estimate of drug-likeness (QED) is 0.571. The van der Waals surface area contributed by atoms with E-state index in [1.165, 1.54) is 0 Å². The van der Waals surface area contributed by atoms with Crippen molar-refractivity contribution in [3.8, 4) is 5.69 Å². The first-order chi connectivity index (χ1) is 12.0. The number of non-ortho nitro benzene ring substituents is 1. The molecule has 2 aromatic carbocycles. The molecule has 0 saturated heterocycles. The molecule has 1 amide bonds. The lowest BCUT2D eigenvalue weighted by molar-refractivity contribution is -0.385. The van der Waals surface area contributed by atoms with Gasteiger partial charge in [-0.15, -0.1) is 0 Å². The Hall–Kier alpha value is -3.55. The van der Waals surface area contributed by atoms with E-state index in [1.807, 2.05) is 30.3 Å². The fraction of sp³-hybridized carbons (Fsp3) is 0.0588. The number of rotatable bonds is 5. The molecule has 3 rings (SSSR count). The van der Waals surface area contributed by atoms with Crippen LogP contribution in [0.15, 0.2) is 60.9 Å². The number of carbonyl (C=O) groups is 1. The molecule has 7 nitrogen and oxygen atoms in total. The van der Waals surface area contributed by atoms with Gasteiger partial charge in [-0.05, 0) is 18.2 Å². The maximum Gasteiger partial charge on any atom is 0.272 e. The Bertz CT molecular complexity index is 925. The molecule has 1 N–H and O–H groups in total. The number of nitro benzene ring substituents is 1. The number of hydrogen-bond donors (Lipinski definition) is 1. The molecule has 0 radical (unpaired) electrons. The summed E-state index contributed by atoms with van der Waals surface area (Å²) >= 11 is 0. The van der Waals surface area contributed by atoms with Crippen molar-refractivity contribution in [2.75, 3.05) is 0 Å². The van der Waals surface area contributed by atoms with Crippen molar-refractivity contribution in [1.82, 2.24) is 15.1 Å². The minimum Gasteiger partial charge on any atom is -0.348 e. The molecule has 0 bridgehead atoms. The van der Waals surface area contributed by atoms with Crippen molar-refractivity contribution in [2.45, 2.75) is 6.54 Å². The third-order valence-corrected chi connectivity index (χ3v) is 3.52. The summed E-state index contributed by atoms with van der Waals surface area (Å²) in [6.45, 7) is 0.155. The van der Waals surface area contributed by atoms with Gasteiger partial charge in [0.1, 0.15) is 5.82 Å². The largest absolute Gasteiger partial charge is 0.348 e. The molecule has 0 aliphatic carbocycles. The zero-order valence-electron chi connectivity index (χ0n) is 12.9. The molecule has 25 heavy (non-hydrogen) atoms. The van der Waals surface area contributed by atoms with Gasteiger partial charge in [-0.1, -0.05) is 18.2 Å². The molecular formula is C17H13FN4O3. The Morgan fingerprint density at radius 1 is 1.24 bits per heavy atom. The van der Waals surface area contributed by atoms with Gasteiger partial charge in [0.15, 0.2) is 0 Å². The van der Waals surface area contributed by atoms with E-state index in [0.717, 1.165) is 29.4 Å². The molecule has 8 heteroatoms. The average molecular weight is 340 g/mol. The number of nitrogens with zero attached hydrogens (tertiary/aromatic N) is 3. The lowest BCUT2D eigenvalue weighted by atomic mass is 10.1. The van der Waals surface area contributed by atoms with E-state index in [4.69, 9.17) is 0 Å². The topological polar surface area (TPSA) is 90.1 Å². The second-order valence-electron chi connectivity index (χ2n) is 5.23. The van der Waals surface area contributed by atoms with E-state index < -0.39 is 22.3 Å². The van der Waals surface area contributed by atoms with Gasteiger partial charge in [-0.25, -0.2) is 9.07 Å². The lowest BCUT2D eigenvalue weighted by Crippen LogP contribution is -2.23. The van der Waals surface area contributed by atoms with E-state index in [-0.39, 0.29) is 12.1 Å². The van der Waals surface area contributed by atoms with Gasteiger partial charge in [-0.2, -0.15) is 5.10 Å². The predicted octanol–water partition coefficient (Wildman–Crippen LogP) is 2.85. The first-order valence-electron chi connectivity index (χ1n) is 7.36. The summed E-state index contributed by atoms with van der Waals surface area (Å²) < 4.78 is 15.5. The highest BCUT2D eigenvalue weighted by atomic mass is 19.1. The molecule has 0 aliphatic rings. The molecule has 1 heterocycles. The van der Waals surface area contributed by atoms with Crippen LogP contribution in [0.3, 0.4) is 0 Å². The predicted molar refractivity (Wildman–Crippen MR) is 87.8 cm³/mol. The van der Waals surface area contributed by atoms with Crippen LogP contribution in [0.25, 0.3) is 5.69 Å². The van der Waals surface area contributed by atoms with Crippen LogP contribution < -0.4 is 5.32 Å². The molecule has 0 unspecified atom stereocenters. The summed E-state index contributed by atoms with van der Waals surface area (Å²) in [5.74, 6) is -1.59. The van der Waals surface area contributed by atoms with Gasteiger partial charge in [0, 0.05) is 24.4 Å². The molecule has 3 aromatic rings. The molecule has 126 valence electrons. The van der Waals surface area contributed by atoms with Crippen LogP contribution in [0.1, 0.15) is 15.9 Å². The van der Waals surface area contributed by atoms with Crippen LogP contribution in [-0.2, 0) is 6.54 Å². The number of amides is 1. The fourth-order valence-electron chi connectivity index (χ4n) is 2.25. The van der Waals surface area contributed by atoms with Crippen molar-refractivity contribution in [3.63, 3.8) is 0 Å². The number of carbonyl (C=O) groups excluding carboxylic acids is 1. The van der Waals surface area contributed by atoms with Gasteiger partial charge in [-0.3, -0.25) is 14.9 Å². The van der Waals surface area contributed by atoms with E-state index >= 15 is 0 Å². The first-order valence-corrected chi connectivity index (χ1v) is 7.36. The van der Waals surface area contributed by atoms with Crippen LogP contribution in [0.4, 0.5) is 10.1 Å². The summed E-state index contributed by atoms with van der Waals surface area (Å²) in [5, 5.41) is 17.4. The van der Waals surface area contributed by atoms with E-state index in [0.29, 0.717) is 0 Å². The summed E-state index contributed by atoms with van der Waals surface area (Å²) in [4.78, 5) is 21.9. The normalized spacial score (nSPS) is 10.4. The summed E-state index contributed by atoms with van der Waals surface area (Å²) in [7, 11) is 0. The maximum absolute atomic E-state index is 13.8. The Balaban J connectivity index is 1.67. The van der Waals surface area contributed by atoms with Crippen LogP contribution in [0, 0.1) is 15.9 Å². The van der Waals surface area contributed by atoms with Gasteiger partial charge in [0.05, 0.1) is 28.4 Å². The van der Waals surface area contributed by atoms with Crippen molar-refractivity contribution < 1.29 is 14.1 Å². The number of halogens is 1. The third-order valence-electron chi connectivity index (χ3n) is 3.52. The van der Waals surface area contributed by atoms with Crippen molar-refractivity contribution >= 4 is 11.6 Å². The molecule has 0 atom stereocenters. The van der Waals surface area contributed by atoms with Gasteiger partial charge in [0.2, 0.25) is 0 Å². The highest BCUT2D eigenvalue weighted by molar-refractivity contribution is 5.94. The number of benzene rings is 2. The first kappa shape index (κ1) is 16.3. The molecule has 0 fully saturated rings. The lowest BCUT2D eigenvalue weighted by Gasteiger charge is -2.05. The molecule has 0 spiro atoms. The zero-order valence-corrected chi connectivity index (χ0v) is 12.9. The number of aromatic nitrogens is 2. The Morgan fingerprint density at radius 2 is 2.00 bits per heavy atom. The van der Waals surface area contributed by atoms with E-state index in [9.17, 15) is 19.3 Å². The molecule has 0 saturated carbocycles. The average Bonchev–Trinajstić information content (AvgIpc) is 3.09. The number of para-hydroxylation sites is 1. The minimum atomic E-state index is -0.938. The van der Waals surface area contributed by atoms with Gasteiger partial charge in [0.25, 0.3) is 11.6 Å². The Labute approximate surface area is 141 Å².